The van der Waals surface area contributed by atoms with E-state index < -0.39 is 5.41 Å². The molecule has 0 aromatic carbocycles. The SMILES string of the molecule is CCCCCCCOC(=O)C1(C)COOOC1. The average Bonchev–Trinajstić information content (AvgIpc) is 2.34. The first-order valence-electron chi connectivity index (χ1n) is 6.27. The minimum absolute atomic E-state index is 0.168. The molecule has 1 rings (SSSR count). The Bertz CT molecular complexity index is 223. The Labute approximate surface area is 102 Å². The Hall–Kier alpha value is -0.650. The van der Waals surface area contributed by atoms with E-state index in [1.54, 1.807) is 6.92 Å². The molecule has 100 valence electrons. The number of hydrogen-bond acceptors (Lipinski definition) is 5. The van der Waals surface area contributed by atoms with Crippen molar-refractivity contribution in [3.8, 4) is 0 Å². The lowest BCUT2D eigenvalue weighted by Crippen LogP contribution is -2.42. The molecule has 0 saturated carbocycles. The minimum Gasteiger partial charge on any atom is -0.465 e. The van der Waals surface area contributed by atoms with Gasteiger partial charge in [0.25, 0.3) is 0 Å². The van der Waals surface area contributed by atoms with Gasteiger partial charge >= 0.3 is 5.97 Å². The summed E-state index contributed by atoms with van der Waals surface area (Å²) in [6.07, 6.45) is 5.68. The highest BCUT2D eigenvalue weighted by atomic mass is 17.5. The van der Waals surface area contributed by atoms with Gasteiger partial charge in [-0.2, -0.15) is 0 Å². The number of hydrogen-bond donors (Lipinski definition) is 0. The second-order valence-corrected chi connectivity index (χ2v) is 4.70. The average molecular weight is 246 g/mol. The molecule has 0 amide bonds. The molecule has 1 fully saturated rings. The third-order valence-electron chi connectivity index (χ3n) is 2.83. The third kappa shape index (κ3) is 5.02. The summed E-state index contributed by atoms with van der Waals surface area (Å²) in [5, 5.41) is 4.28. The zero-order valence-corrected chi connectivity index (χ0v) is 10.7. The van der Waals surface area contributed by atoms with Crippen LogP contribution in [0.3, 0.4) is 0 Å². The zero-order valence-electron chi connectivity index (χ0n) is 10.7. The molecular formula is C12H22O5. The van der Waals surface area contributed by atoms with Crippen molar-refractivity contribution >= 4 is 5.97 Å². The van der Waals surface area contributed by atoms with Crippen molar-refractivity contribution in [3.63, 3.8) is 0 Å². The van der Waals surface area contributed by atoms with Crippen LogP contribution < -0.4 is 0 Å². The first kappa shape index (κ1) is 14.4. The molecule has 0 spiro atoms. The highest BCUT2D eigenvalue weighted by Gasteiger charge is 2.39. The van der Waals surface area contributed by atoms with Crippen molar-refractivity contribution in [1.82, 2.24) is 0 Å². The van der Waals surface area contributed by atoms with Crippen molar-refractivity contribution < 1.29 is 24.3 Å². The Morgan fingerprint density at radius 2 is 1.82 bits per heavy atom. The van der Waals surface area contributed by atoms with Gasteiger partial charge in [-0.1, -0.05) is 37.6 Å². The van der Waals surface area contributed by atoms with Gasteiger partial charge in [0, 0.05) is 0 Å². The van der Waals surface area contributed by atoms with Crippen LogP contribution in [0.2, 0.25) is 0 Å². The van der Waals surface area contributed by atoms with Crippen LogP contribution in [0.4, 0.5) is 0 Å². The Kier molecular flexibility index (Phi) is 6.47. The molecule has 0 aliphatic carbocycles. The van der Waals surface area contributed by atoms with Crippen LogP contribution in [0.5, 0.6) is 0 Å². The number of esters is 1. The van der Waals surface area contributed by atoms with Crippen LogP contribution in [0.25, 0.3) is 0 Å². The molecule has 1 aliphatic rings. The maximum Gasteiger partial charge on any atom is 0.316 e. The molecule has 0 aromatic heterocycles. The molecule has 0 bridgehead atoms. The maximum atomic E-state index is 11.8. The van der Waals surface area contributed by atoms with Crippen LogP contribution >= 0.6 is 0 Å². The molecule has 5 heteroatoms. The molecular weight excluding hydrogens is 224 g/mol. The number of unbranched alkanes of at least 4 members (excludes halogenated alkanes) is 4. The third-order valence-corrected chi connectivity index (χ3v) is 2.83. The lowest BCUT2D eigenvalue weighted by Gasteiger charge is -2.28. The highest BCUT2D eigenvalue weighted by Crippen LogP contribution is 2.23. The van der Waals surface area contributed by atoms with Crippen molar-refractivity contribution in [2.45, 2.75) is 46.0 Å². The summed E-state index contributed by atoms with van der Waals surface area (Å²) in [6, 6.07) is 0. The van der Waals surface area contributed by atoms with E-state index >= 15 is 0 Å². The maximum absolute atomic E-state index is 11.8. The van der Waals surface area contributed by atoms with Crippen LogP contribution in [0.1, 0.15) is 46.0 Å². The van der Waals surface area contributed by atoms with Gasteiger partial charge in [0.05, 0.1) is 6.61 Å². The zero-order chi connectivity index (χ0) is 12.6. The molecule has 0 N–H and O–H groups in total. The minimum atomic E-state index is -0.748. The van der Waals surface area contributed by atoms with Gasteiger partial charge in [-0.15, -0.1) is 0 Å². The summed E-state index contributed by atoms with van der Waals surface area (Å²) in [5.74, 6) is -0.281. The standard InChI is InChI=1S/C12H22O5/c1-3-4-5-6-7-8-14-11(13)12(2)9-15-17-16-10-12/h3-10H2,1-2H3. The molecule has 1 heterocycles. The van der Waals surface area contributed by atoms with E-state index in [4.69, 9.17) is 4.74 Å². The first-order valence-corrected chi connectivity index (χ1v) is 6.27. The summed E-state index contributed by atoms with van der Waals surface area (Å²) in [5.41, 5.74) is -0.748. The van der Waals surface area contributed by atoms with Gasteiger partial charge in [-0.3, -0.25) is 4.79 Å². The van der Waals surface area contributed by atoms with Crippen molar-refractivity contribution in [2.75, 3.05) is 19.8 Å². The molecule has 5 nitrogen and oxygen atoms in total. The van der Waals surface area contributed by atoms with E-state index in [0.29, 0.717) is 6.61 Å². The lowest BCUT2D eigenvalue weighted by atomic mass is 9.93. The number of carbonyl (C=O) groups is 1. The van der Waals surface area contributed by atoms with E-state index in [-0.39, 0.29) is 19.2 Å². The number of carbonyl (C=O) groups excluding carboxylic acids is 1. The molecule has 0 aromatic rings. The Balaban J connectivity index is 2.11. The van der Waals surface area contributed by atoms with Gasteiger partial charge in [0.2, 0.25) is 0 Å². The summed E-state index contributed by atoms with van der Waals surface area (Å²) in [4.78, 5) is 21.1. The molecule has 17 heavy (non-hydrogen) atoms. The van der Waals surface area contributed by atoms with Gasteiger partial charge < -0.3 is 4.74 Å². The van der Waals surface area contributed by atoms with E-state index in [9.17, 15) is 4.79 Å². The fraction of sp³-hybridized carbons (Fsp3) is 0.917. The fourth-order valence-electron chi connectivity index (χ4n) is 1.55. The normalized spacial score (nSPS) is 18.9. The van der Waals surface area contributed by atoms with E-state index in [1.165, 1.54) is 19.3 Å². The van der Waals surface area contributed by atoms with E-state index in [2.05, 4.69) is 21.7 Å². The van der Waals surface area contributed by atoms with Gasteiger partial charge in [0.15, 0.2) is 0 Å². The van der Waals surface area contributed by atoms with E-state index in [1.807, 2.05) is 0 Å². The van der Waals surface area contributed by atoms with Crippen molar-refractivity contribution in [1.29, 1.82) is 0 Å². The highest BCUT2D eigenvalue weighted by molar-refractivity contribution is 5.76. The molecule has 0 atom stereocenters. The van der Waals surface area contributed by atoms with E-state index in [0.717, 1.165) is 12.8 Å². The first-order chi connectivity index (χ1) is 8.19. The Morgan fingerprint density at radius 3 is 2.47 bits per heavy atom. The fourth-order valence-corrected chi connectivity index (χ4v) is 1.55. The quantitative estimate of drug-likeness (QED) is 0.392. The molecule has 0 unspecified atom stereocenters. The predicted molar refractivity (Wildman–Crippen MR) is 60.8 cm³/mol. The monoisotopic (exact) mass is 246 g/mol. The predicted octanol–water partition coefficient (Wildman–Crippen LogP) is 2.40. The molecule has 1 aliphatic heterocycles. The summed E-state index contributed by atoms with van der Waals surface area (Å²) in [7, 11) is 0. The summed E-state index contributed by atoms with van der Waals surface area (Å²) < 4.78 is 5.21. The van der Waals surface area contributed by atoms with Crippen LogP contribution in [0.15, 0.2) is 0 Å². The molecule has 0 radical (unpaired) electrons. The van der Waals surface area contributed by atoms with Gasteiger partial charge in [0.1, 0.15) is 18.6 Å². The van der Waals surface area contributed by atoms with Gasteiger partial charge in [-0.25, -0.2) is 9.78 Å². The lowest BCUT2D eigenvalue weighted by molar-refractivity contribution is -0.546. The smallest absolute Gasteiger partial charge is 0.316 e. The summed E-state index contributed by atoms with van der Waals surface area (Å²) in [6.45, 7) is 4.73. The second-order valence-electron chi connectivity index (χ2n) is 4.70. The summed E-state index contributed by atoms with van der Waals surface area (Å²) >= 11 is 0. The van der Waals surface area contributed by atoms with Crippen LogP contribution in [0, 0.1) is 5.41 Å². The second kappa shape index (κ2) is 7.63. The largest absolute Gasteiger partial charge is 0.465 e. The van der Waals surface area contributed by atoms with Gasteiger partial charge in [-0.05, 0) is 13.3 Å². The number of ether oxygens (including phenoxy) is 1. The molecule has 1 saturated heterocycles. The van der Waals surface area contributed by atoms with Crippen LogP contribution in [-0.2, 0) is 24.3 Å². The number of rotatable bonds is 7. The van der Waals surface area contributed by atoms with Crippen LogP contribution in [-0.4, -0.2) is 25.8 Å². The Morgan fingerprint density at radius 1 is 1.18 bits per heavy atom. The van der Waals surface area contributed by atoms with Crippen molar-refractivity contribution in [3.05, 3.63) is 0 Å². The van der Waals surface area contributed by atoms with Crippen molar-refractivity contribution in [2.24, 2.45) is 5.41 Å². The topological polar surface area (TPSA) is 54.0 Å².